The van der Waals surface area contributed by atoms with E-state index in [0.717, 1.165) is 25.7 Å². The number of aliphatic carboxylic acids is 1. The molecule has 0 saturated heterocycles. The van der Waals surface area contributed by atoms with E-state index in [1.807, 2.05) is 0 Å². The maximum Gasteiger partial charge on any atom is 0.326 e. The van der Waals surface area contributed by atoms with E-state index in [1.165, 1.54) is 0 Å². The number of amides is 2. The summed E-state index contributed by atoms with van der Waals surface area (Å²) in [6.07, 6.45) is 4.07. The van der Waals surface area contributed by atoms with Gasteiger partial charge >= 0.3 is 12.0 Å². The summed E-state index contributed by atoms with van der Waals surface area (Å²) >= 11 is 0. The van der Waals surface area contributed by atoms with Crippen molar-refractivity contribution in [2.24, 2.45) is 10.8 Å². The van der Waals surface area contributed by atoms with Crippen LogP contribution in [0.25, 0.3) is 0 Å². The topological polar surface area (TPSA) is 78.4 Å². The normalized spacial score (nSPS) is 21.1. The van der Waals surface area contributed by atoms with Gasteiger partial charge in [-0.2, -0.15) is 0 Å². The second-order valence-corrected chi connectivity index (χ2v) is 7.69. The average molecular weight is 284 g/mol. The molecule has 3 N–H and O–H groups in total. The summed E-state index contributed by atoms with van der Waals surface area (Å²) in [6, 6.07) is -1.11. The standard InChI is InChI=1S/C15H28N2O3/c1-14(2,3)11(12(18)19)17-13(20)16-10-6-8-15(4,5)9-7-10/h10-11H,6-9H2,1-5H3,(H,18,19)(H2,16,17,20)/t11-/m1/s1. The molecule has 1 saturated carbocycles. The Bertz CT molecular complexity index is 362. The third kappa shape index (κ3) is 5.02. The number of carbonyl (C=O) groups excluding carboxylic acids is 1. The van der Waals surface area contributed by atoms with Crippen LogP contribution in [-0.4, -0.2) is 29.2 Å². The van der Waals surface area contributed by atoms with Crippen molar-refractivity contribution < 1.29 is 14.7 Å². The molecule has 1 rings (SSSR count). The van der Waals surface area contributed by atoms with E-state index in [2.05, 4.69) is 24.5 Å². The Hall–Kier alpha value is -1.26. The number of carboxylic acids is 1. The molecule has 0 radical (unpaired) electrons. The van der Waals surface area contributed by atoms with Gasteiger partial charge in [-0.05, 0) is 36.5 Å². The first-order chi connectivity index (χ1) is 9.01. The van der Waals surface area contributed by atoms with E-state index < -0.39 is 17.4 Å². The van der Waals surface area contributed by atoms with Crippen LogP contribution in [0.15, 0.2) is 0 Å². The van der Waals surface area contributed by atoms with Crippen LogP contribution < -0.4 is 10.6 Å². The van der Waals surface area contributed by atoms with Gasteiger partial charge in [-0.1, -0.05) is 34.6 Å². The van der Waals surface area contributed by atoms with Crippen molar-refractivity contribution in [1.29, 1.82) is 0 Å². The molecule has 0 heterocycles. The molecule has 5 nitrogen and oxygen atoms in total. The van der Waals surface area contributed by atoms with Crippen molar-refractivity contribution in [2.75, 3.05) is 0 Å². The third-order valence-electron chi connectivity index (χ3n) is 4.06. The summed E-state index contributed by atoms with van der Waals surface area (Å²) in [7, 11) is 0. The molecule has 0 spiro atoms. The first kappa shape index (κ1) is 16.8. The number of hydrogen-bond acceptors (Lipinski definition) is 2. The molecule has 1 fully saturated rings. The molecule has 0 aromatic heterocycles. The lowest BCUT2D eigenvalue weighted by Gasteiger charge is -2.35. The van der Waals surface area contributed by atoms with Crippen molar-refractivity contribution in [3.63, 3.8) is 0 Å². The molecular weight excluding hydrogens is 256 g/mol. The van der Waals surface area contributed by atoms with Crippen molar-refractivity contribution in [2.45, 2.75) is 72.4 Å². The summed E-state index contributed by atoms with van der Waals surface area (Å²) in [6.45, 7) is 9.88. The molecule has 116 valence electrons. The van der Waals surface area contributed by atoms with Crippen LogP contribution in [0.4, 0.5) is 4.79 Å². The zero-order chi connectivity index (χ0) is 15.6. The van der Waals surface area contributed by atoms with E-state index in [0.29, 0.717) is 5.41 Å². The highest BCUT2D eigenvalue weighted by Gasteiger charge is 2.33. The summed E-state index contributed by atoms with van der Waals surface area (Å²) in [5.41, 5.74) is -0.165. The lowest BCUT2D eigenvalue weighted by molar-refractivity contribution is -0.141. The van der Waals surface area contributed by atoms with Gasteiger partial charge in [0, 0.05) is 6.04 Å². The fourth-order valence-corrected chi connectivity index (χ4v) is 2.55. The first-order valence-electron chi connectivity index (χ1n) is 7.31. The SMILES string of the molecule is CC1(C)CCC(NC(=O)N[C@H](C(=O)O)C(C)(C)C)CC1. The Balaban J connectivity index is 2.49. The molecule has 5 heteroatoms. The summed E-state index contributed by atoms with van der Waals surface area (Å²) in [5.74, 6) is -1.00. The molecule has 0 unspecified atom stereocenters. The fraction of sp³-hybridized carbons (Fsp3) is 0.867. The van der Waals surface area contributed by atoms with Gasteiger partial charge in [0.1, 0.15) is 6.04 Å². The van der Waals surface area contributed by atoms with Crippen LogP contribution in [0, 0.1) is 10.8 Å². The molecule has 0 aromatic carbocycles. The van der Waals surface area contributed by atoms with Crippen LogP contribution in [0.1, 0.15) is 60.3 Å². The summed E-state index contributed by atoms with van der Waals surface area (Å²) in [5, 5.41) is 14.7. The van der Waals surface area contributed by atoms with Crippen molar-refractivity contribution in [3.8, 4) is 0 Å². The van der Waals surface area contributed by atoms with E-state index in [4.69, 9.17) is 0 Å². The highest BCUT2D eigenvalue weighted by Crippen LogP contribution is 2.34. The number of carboxylic acid groups (broad SMARTS) is 1. The van der Waals surface area contributed by atoms with E-state index >= 15 is 0 Å². The second kappa shape index (κ2) is 6.02. The van der Waals surface area contributed by atoms with E-state index in [-0.39, 0.29) is 12.1 Å². The predicted octanol–water partition coefficient (Wildman–Crippen LogP) is 2.75. The largest absolute Gasteiger partial charge is 0.480 e. The Morgan fingerprint density at radius 2 is 1.70 bits per heavy atom. The summed E-state index contributed by atoms with van der Waals surface area (Å²) < 4.78 is 0. The van der Waals surface area contributed by atoms with Crippen LogP contribution >= 0.6 is 0 Å². The highest BCUT2D eigenvalue weighted by molar-refractivity contribution is 5.83. The average Bonchev–Trinajstić information content (AvgIpc) is 2.27. The minimum absolute atomic E-state index is 0.150. The maximum atomic E-state index is 11.9. The zero-order valence-corrected chi connectivity index (χ0v) is 13.2. The monoisotopic (exact) mass is 284 g/mol. The van der Waals surface area contributed by atoms with Gasteiger partial charge in [-0.25, -0.2) is 9.59 Å². The number of carbonyl (C=O) groups is 2. The highest BCUT2D eigenvalue weighted by atomic mass is 16.4. The van der Waals surface area contributed by atoms with Crippen molar-refractivity contribution in [3.05, 3.63) is 0 Å². The second-order valence-electron chi connectivity index (χ2n) is 7.69. The first-order valence-corrected chi connectivity index (χ1v) is 7.31. The summed E-state index contributed by atoms with van der Waals surface area (Å²) in [4.78, 5) is 23.2. The van der Waals surface area contributed by atoms with Crippen LogP contribution in [0.3, 0.4) is 0 Å². The van der Waals surface area contributed by atoms with Crippen molar-refractivity contribution in [1.82, 2.24) is 10.6 Å². The van der Waals surface area contributed by atoms with E-state index in [1.54, 1.807) is 20.8 Å². The van der Waals surface area contributed by atoms with Gasteiger partial charge < -0.3 is 15.7 Å². The number of nitrogens with one attached hydrogen (secondary N) is 2. The lowest BCUT2D eigenvalue weighted by Crippen LogP contribution is -2.54. The van der Waals surface area contributed by atoms with Gasteiger partial charge in [-0.15, -0.1) is 0 Å². The van der Waals surface area contributed by atoms with Gasteiger partial charge in [0.05, 0.1) is 0 Å². The smallest absolute Gasteiger partial charge is 0.326 e. The van der Waals surface area contributed by atoms with Crippen LogP contribution in [-0.2, 0) is 4.79 Å². The Labute approximate surface area is 121 Å². The number of rotatable bonds is 3. The minimum atomic E-state index is -1.00. The van der Waals surface area contributed by atoms with Crippen LogP contribution in [0.2, 0.25) is 0 Å². The molecular formula is C15H28N2O3. The molecule has 0 bridgehead atoms. The van der Waals surface area contributed by atoms with Gasteiger partial charge in [-0.3, -0.25) is 0 Å². The predicted molar refractivity (Wildman–Crippen MR) is 78.6 cm³/mol. The van der Waals surface area contributed by atoms with Crippen LogP contribution in [0.5, 0.6) is 0 Å². The van der Waals surface area contributed by atoms with Crippen molar-refractivity contribution >= 4 is 12.0 Å². The minimum Gasteiger partial charge on any atom is -0.480 e. The molecule has 20 heavy (non-hydrogen) atoms. The third-order valence-corrected chi connectivity index (χ3v) is 4.06. The van der Waals surface area contributed by atoms with Gasteiger partial charge in [0.25, 0.3) is 0 Å². The fourth-order valence-electron chi connectivity index (χ4n) is 2.55. The molecule has 1 aliphatic carbocycles. The number of hydrogen-bond donors (Lipinski definition) is 3. The van der Waals surface area contributed by atoms with E-state index in [9.17, 15) is 14.7 Å². The quantitative estimate of drug-likeness (QED) is 0.745. The van der Waals surface area contributed by atoms with Gasteiger partial charge in [0.15, 0.2) is 0 Å². The lowest BCUT2D eigenvalue weighted by atomic mass is 9.75. The molecule has 1 aliphatic rings. The number of urea groups is 1. The Morgan fingerprint density at radius 3 is 2.10 bits per heavy atom. The molecule has 0 aliphatic heterocycles. The Morgan fingerprint density at radius 1 is 1.20 bits per heavy atom. The maximum absolute atomic E-state index is 11.9. The molecule has 1 atom stereocenters. The molecule has 0 aromatic rings. The zero-order valence-electron chi connectivity index (χ0n) is 13.2. The molecule has 2 amide bonds. The Kier molecular flexibility index (Phi) is 5.05. The van der Waals surface area contributed by atoms with Gasteiger partial charge in [0.2, 0.25) is 0 Å².